The second kappa shape index (κ2) is 3.00. The lowest BCUT2D eigenvalue weighted by Crippen LogP contribution is -2.14. The minimum Gasteiger partial charge on any atom is -0.398 e. The van der Waals surface area contributed by atoms with Gasteiger partial charge >= 0.3 is 0 Å². The Morgan fingerprint density at radius 3 is 3.15 bits per heavy atom. The van der Waals surface area contributed by atoms with Crippen molar-refractivity contribution in [3.63, 3.8) is 0 Å². The average Bonchev–Trinajstić information content (AvgIpc) is 2.07. The molecular formula is C10H14N2O. The van der Waals surface area contributed by atoms with Crippen molar-refractivity contribution >= 4 is 5.69 Å². The van der Waals surface area contributed by atoms with E-state index in [0.29, 0.717) is 0 Å². The van der Waals surface area contributed by atoms with E-state index in [2.05, 4.69) is 4.98 Å². The van der Waals surface area contributed by atoms with Crippen molar-refractivity contribution in [2.45, 2.75) is 32.3 Å². The van der Waals surface area contributed by atoms with Crippen LogP contribution in [0, 0.1) is 6.92 Å². The minimum atomic E-state index is -0.411. The Balaban J connectivity index is 2.56. The first-order valence-corrected chi connectivity index (χ1v) is 4.62. The molecule has 1 atom stereocenters. The van der Waals surface area contributed by atoms with E-state index in [-0.39, 0.29) is 0 Å². The Kier molecular flexibility index (Phi) is 1.96. The molecule has 0 saturated carbocycles. The standard InChI is InChI=1S/C10H14N2O/c1-6-5-8(11)7-3-2-4-9(13)10(7)12-6/h5,9,13H,2-4H2,1H3,(H2,11,12). The monoisotopic (exact) mass is 178 g/mol. The number of anilines is 1. The van der Waals surface area contributed by atoms with Crippen LogP contribution in [0.25, 0.3) is 0 Å². The number of nitrogens with zero attached hydrogens (tertiary/aromatic N) is 1. The van der Waals surface area contributed by atoms with Crippen molar-refractivity contribution in [3.8, 4) is 0 Å². The Labute approximate surface area is 77.6 Å². The van der Waals surface area contributed by atoms with Crippen LogP contribution in [0.4, 0.5) is 5.69 Å². The van der Waals surface area contributed by atoms with Crippen LogP contribution in [0.2, 0.25) is 0 Å². The van der Waals surface area contributed by atoms with Gasteiger partial charge in [0.2, 0.25) is 0 Å². The first kappa shape index (κ1) is 8.51. The quantitative estimate of drug-likeness (QED) is 0.630. The van der Waals surface area contributed by atoms with E-state index in [1.807, 2.05) is 13.0 Å². The highest BCUT2D eigenvalue weighted by Gasteiger charge is 2.21. The van der Waals surface area contributed by atoms with Crippen LogP contribution >= 0.6 is 0 Å². The summed E-state index contributed by atoms with van der Waals surface area (Å²) in [5.41, 5.74) is 9.36. The Bertz CT molecular complexity index is 336. The zero-order chi connectivity index (χ0) is 9.42. The Hall–Kier alpha value is -1.09. The van der Waals surface area contributed by atoms with Crippen molar-refractivity contribution < 1.29 is 5.11 Å². The molecule has 1 aromatic heterocycles. The van der Waals surface area contributed by atoms with Crippen molar-refractivity contribution in [2.75, 3.05) is 5.73 Å². The molecule has 1 aliphatic carbocycles. The third-order valence-corrected chi connectivity index (χ3v) is 2.54. The molecule has 0 spiro atoms. The molecule has 0 saturated heterocycles. The fourth-order valence-electron chi connectivity index (χ4n) is 1.91. The van der Waals surface area contributed by atoms with Crippen LogP contribution in [0.5, 0.6) is 0 Å². The van der Waals surface area contributed by atoms with Gasteiger partial charge in [-0.25, -0.2) is 0 Å². The molecule has 3 heteroatoms. The first-order valence-electron chi connectivity index (χ1n) is 4.62. The highest BCUT2D eigenvalue weighted by Crippen LogP contribution is 2.31. The molecule has 0 aromatic carbocycles. The molecule has 0 bridgehead atoms. The van der Waals surface area contributed by atoms with E-state index in [1.54, 1.807) is 0 Å². The van der Waals surface area contributed by atoms with Gasteiger partial charge in [0, 0.05) is 11.4 Å². The minimum absolute atomic E-state index is 0.411. The summed E-state index contributed by atoms with van der Waals surface area (Å²) in [5.74, 6) is 0. The van der Waals surface area contributed by atoms with E-state index >= 15 is 0 Å². The van der Waals surface area contributed by atoms with Crippen LogP contribution < -0.4 is 5.73 Å². The highest BCUT2D eigenvalue weighted by atomic mass is 16.3. The van der Waals surface area contributed by atoms with Gasteiger partial charge in [-0.15, -0.1) is 0 Å². The maximum atomic E-state index is 9.69. The molecule has 1 aromatic rings. The molecule has 0 aliphatic heterocycles. The molecule has 1 aliphatic rings. The topological polar surface area (TPSA) is 59.1 Å². The molecule has 0 radical (unpaired) electrons. The lowest BCUT2D eigenvalue weighted by atomic mass is 9.92. The van der Waals surface area contributed by atoms with Crippen molar-refractivity contribution in [1.29, 1.82) is 0 Å². The van der Waals surface area contributed by atoms with E-state index in [4.69, 9.17) is 5.73 Å². The maximum absolute atomic E-state index is 9.69. The van der Waals surface area contributed by atoms with Crippen LogP contribution in [0.3, 0.4) is 0 Å². The van der Waals surface area contributed by atoms with Crippen molar-refractivity contribution in [1.82, 2.24) is 4.98 Å². The molecule has 2 rings (SSSR count). The summed E-state index contributed by atoms with van der Waals surface area (Å²) in [7, 11) is 0. The lowest BCUT2D eigenvalue weighted by Gasteiger charge is -2.21. The molecule has 70 valence electrons. The highest BCUT2D eigenvalue weighted by molar-refractivity contribution is 5.51. The number of rotatable bonds is 0. The van der Waals surface area contributed by atoms with Crippen LogP contribution in [0.1, 0.15) is 35.9 Å². The van der Waals surface area contributed by atoms with E-state index in [1.165, 1.54) is 0 Å². The number of aromatic nitrogens is 1. The lowest BCUT2D eigenvalue weighted by molar-refractivity contribution is 0.151. The Morgan fingerprint density at radius 2 is 2.38 bits per heavy atom. The number of aliphatic hydroxyl groups is 1. The number of aliphatic hydroxyl groups excluding tert-OH is 1. The van der Waals surface area contributed by atoms with Crippen LogP contribution in [-0.2, 0) is 6.42 Å². The number of aryl methyl sites for hydroxylation is 1. The molecule has 0 amide bonds. The van der Waals surface area contributed by atoms with E-state index < -0.39 is 6.10 Å². The van der Waals surface area contributed by atoms with E-state index in [9.17, 15) is 5.11 Å². The first-order chi connectivity index (χ1) is 6.18. The SMILES string of the molecule is Cc1cc(N)c2c(n1)C(O)CCC2. The van der Waals surface area contributed by atoms with Crippen LogP contribution in [-0.4, -0.2) is 10.1 Å². The predicted octanol–water partition coefficient (Wildman–Crippen LogP) is 1.34. The molecule has 3 N–H and O–H groups in total. The normalized spacial score (nSPS) is 21.2. The number of nitrogens with two attached hydrogens (primary N) is 1. The average molecular weight is 178 g/mol. The summed E-state index contributed by atoms with van der Waals surface area (Å²) in [6, 6.07) is 1.87. The van der Waals surface area contributed by atoms with Gasteiger partial charge in [0.25, 0.3) is 0 Å². The second-order valence-electron chi connectivity index (χ2n) is 3.62. The number of pyridine rings is 1. The van der Waals surface area contributed by atoms with Gasteiger partial charge in [-0.2, -0.15) is 0 Å². The molecule has 13 heavy (non-hydrogen) atoms. The molecular weight excluding hydrogens is 164 g/mol. The fraction of sp³-hybridized carbons (Fsp3) is 0.500. The van der Waals surface area contributed by atoms with Gasteiger partial charge in [0.1, 0.15) is 0 Å². The summed E-state index contributed by atoms with van der Waals surface area (Å²) >= 11 is 0. The third kappa shape index (κ3) is 1.40. The largest absolute Gasteiger partial charge is 0.398 e. The fourth-order valence-corrected chi connectivity index (χ4v) is 1.91. The zero-order valence-electron chi connectivity index (χ0n) is 7.75. The molecule has 3 nitrogen and oxygen atoms in total. The van der Waals surface area contributed by atoms with Gasteiger partial charge in [-0.3, -0.25) is 4.98 Å². The number of fused-ring (bicyclic) bond motifs is 1. The summed E-state index contributed by atoms with van der Waals surface area (Å²) < 4.78 is 0. The zero-order valence-corrected chi connectivity index (χ0v) is 7.75. The smallest absolute Gasteiger partial charge is 0.0963 e. The molecule has 1 heterocycles. The van der Waals surface area contributed by atoms with E-state index in [0.717, 1.165) is 41.9 Å². The summed E-state index contributed by atoms with van der Waals surface area (Å²) in [6.45, 7) is 1.90. The predicted molar refractivity (Wildman–Crippen MR) is 51.3 cm³/mol. The van der Waals surface area contributed by atoms with Gasteiger partial charge in [-0.1, -0.05) is 0 Å². The third-order valence-electron chi connectivity index (χ3n) is 2.54. The van der Waals surface area contributed by atoms with Crippen molar-refractivity contribution in [2.24, 2.45) is 0 Å². The van der Waals surface area contributed by atoms with Crippen molar-refractivity contribution in [3.05, 3.63) is 23.0 Å². The van der Waals surface area contributed by atoms with Crippen LogP contribution in [0.15, 0.2) is 6.07 Å². The van der Waals surface area contributed by atoms with Gasteiger partial charge < -0.3 is 10.8 Å². The second-order valence-corrected chi connectivity index (χ2v) is 3.62. The van der Waals surface area contributed by atoms with Gasteiger partial charge in [0.05, 0.1) is 11.8 Å². The molecule has 0 fully saturated rings. The number of hydrogen-bond donors (Lipinski definition) is 2. The number of hydrogen-bond acceptors (Lipinski definition) is 3. The number of nitrogen functional groups attached to an aromatic ring is 1. The summed E-state index contributed by atoms with van der Waals surface area (Å²) in [4.78, 5) is 4.33. The summed E-state index contributed by atoms with van der Waals surface area (Å²) in [6.07, 6.45) is 2.35. The Morgan fingerprint density at radius 1 is 1.62 bits per heavy atom. The summed E-state index contributed by atoms with van der Waals surface area (Å²) in [5, 5.41) is 9.69. The maximum Gasteiger partial charge on any atom is 0.0963 e. The van der Waals surface area contributed by atoms with Gasteiger partial charge in [-0.05, 0) is 37.8 Å². The molecule has 1 unspecified atom stereocenters. The van der Waals surface area contributed by atoms with Gasteiger partial charge in [0.15, 0.2) is 0 Å².